The van der Waals surface area contributed by atoms with Gasteiger partial charge in [0.1, 0.15) is 4.32 Å². The summed E-state index contributed by atoms with van der Waals surface area (Å²) < 4.78 is 0.747. The Hall–Kier alpha value is 1.24. The second kappa shape index (κ2) is 11.3. The van der Waals surface area contributed by atoms with Gasteiger partial charge in [0.25, 0.3) is 0 Å². The first-order chi connectivity index (χ1) is 5.72. The second-order valence-electron chi connectivity index (χ2n) is 2.98. The molecule has 0 aromatic heterocycles. The Bertz CT molecular complexity index is 123. The van der Waals surface area contributed by atoms with Crippen LogP contribution in [0.4, 0.5) is 0 Å². The molecule has 0 amide bonds. The number of thiol groups is 1. The smallest absolute Gasteiger partial charge is 0.133 e. The van der Waals surface area contributed by atoms with Crippen LogP contribution < -0.4 is 0 Å². The molecule has 0 bridgehead atoms. The van der Waals surface area contributed by atoms with Crippen LogP contribution in [0.15, 0.2) is 0 Å². The molecule has 0 rings (SSSR count). The fourth-order valence-electron chi connectivity index (χ4n) is 1.00. The largest absolute Gasteiger partial charge is 0.358 e. The predicted octanol–water partition coefficient (Wildman–Crippen LogP) is 2.72. The molecule has 0 saturated carbocycles. The van der Waals surface area contributed by atoms with E-state index < -0.39 is 0 Å². The molecule has 0 aromatic carbocycles. The summed E-state index contributed by atoms with van der Waals surface area (Å²) in [6.07, 6.45) is 4.87. The molecule has 1 nitrogen and oxygen atoms in total. The third-order valence-corrected chi connectivity index (χ3v) is 2.37. The zero-order chi connectivity index (χ0) is 9.40. The number of rotatable bonds is 6. The molecule has 1 radical (unpaired) electrons. The summed E-state index contributed by atoms with van der Waals surface area (Å²) in [6.45, 7) is 6.52. The molecular weight excluding hydrogens is 209 g/mol. The average molecular weight is 228 g/mol. The number of thiocarbonyl (C=S) groups is 1. The van der Waals surface area contributed by atoms with Crippen molar-refractivity contribution in [2.24, 2.45) is 0 Å². The normalized spacial score (nSPS) is 9.15. The van der Waals surface area contributed by atoms with Crippen molar-refractivity contribution in [2.45, 2.75) is 39.5 Å². The van der Waals surface area contributed by atoms with Gasteiger partial charge in [-0.25, -0.2) is 0 Å². The molecule has 0 saturated heterocycles. The van der Waals surface area contributed by atoms with Gasteiger partial charge in [0.05, 0.1) is 0 Å². The minimum Gasteiger partial charge on any atom is -0.358 e. The Kier molecular flexibility index (Phi) is 14.5. The monoisotopic (exact) mass is 228 g/mol. The van der Waals surface area contributed by atoms with Crippen molar-refractivity contribution in [1.29, 1.82) is 0 Å². The van der Waals surface area contributed by atoms with Crippen molar-refractivity contribution in [3.8, 4) is 0 Å². The minimum absolute atomic E-state index is 0. The van der Waals surface area contributed by atoms with Gasteiger partial charge in [-0.3, -0.25) is 0 Å². The quantitative estimate of drug-likeness (QED) is 0.423. The summed E-state index contributed by atoms with van der Waals surface area (Å²) in [6, 6.07) is 0. The molecule has 73 valence electrons. The maximum Gasteiger partial charge on any atom is 0.133 e. The molecule has 0 unspecified atom stereocenters. The van der Waals surface area contributed by atoms with Crippen molar-refractivity contribution in [2.75, 3.05) is 13.1 Å². The molecule has 0 aliphatic rings. The molecule has 0 atom stereocenters. The van der Waals surface area contributed by atoms with Gasteiger partial charge in [-0.1, -0.05) is 38.9 Å². The molecule has 0 aromatic rings. The van der Waals surface area contributed by atoms with Crippen LogP contribution in [0, 0.1) is 0 Å². The maximum atomic E-state index is 5.03. The van der Waals surface area contributed by atoms with Crippen LogP contribution in [0.2, 0.25) is 0 Å². The van der Waals surface area contributed by atoms with Gasteiger partial charge in [-0.05, 0) is 12.8 Å². The molecule has 4 heteroatoms. The van der Waals surface area contributed by atoms with E-state index in [1.165, 1.54) is 25.7 Å². The molecular formula is C9H19NNaS2. The van der Waals surface area contributed by atoms with Crippen molar-refractivity contribution < 1.29 is 0 Å². The SMILES string of the molecule is CCCCN(CCCC)C(=S)S.[Na]. The van der Waals surface area contributed by atoms with Crippen LogP contribution in [0.25, 0.3) is 0 Å². The zero-order valence-corrected chi connectivity index (χ0v) is 12.8. The molecule has 0 N–H and O–H groups in total. The number of unbranched alkanes of at least 4 members (excludes halogenated alkanes) is 2. The molecule has 0 aliphatic carbocycles. The Morgan fingerprint density at radius 1 is 1.15 bits per heavy atom. The third kappa shape index (κ3) is 9.54. The van der Waals surface area contributed by atoms with Gasteiger partial charge in [0.2, 0.25) is 0 Å². The van der Waals surface area contributed by atoms with E-state index in [1.54, 1.807) is 0 Å². The summed E-state index contributed by atoms with van der Waals surface area (Å²) >= 11 is 9.23. The van der Waals surface area contributed by atoms with Gasteiger partial charge in [-0.2, -0.15) is 0 Å². The number of hydrogen-bond donors (Lipinski definition) is 1. The van der Waals surface area contributed by atoms with Crippen molar-refractivity contribution in [1.82, 2.24) is 4.90 Å². The number of hydrogen-bond acceptors (Lipinski definition) is 1. The Labute approximate surface area is 115 Å². The Morgan fingerprint density at radius 2 is 1.54 bits per heavy atom. The summed E-state index contributed by atoms with van der Waals surface area (Å²) in [5.74, 6) is 0. The van der Waals surface area contributed by atoms with Crippen LogP contribution >= 0.6 is 24.8 Å². The third-order valence-electron chi connectivity index (χ3n) is 1.83. The van der Waals surface area contributed by atoms with Crippen LogP contribution in [-0.2, 0) is 0 Å². The summed E-state index contributed by atoms with van der Waals surface area (Å²) in [4.78, 5) is 2.19. The first kappa shape index (κ1) is 16.7. The average Bonchev–Trinajstić information content (AvgIpc) is 2.04. The first-order valence-corrected chi connectivity index (χ1v) is 5.55. The fourth-order valence-corrected chi connectivity index (χ4v) is 1.38. The van der Waals surface area contributed by atoms with E-state index in [1.807, 2.05) is 0 Å². The summed E-state index contributed by atoms with van der Waals surface area (Å²) in [5.41, 5.74) is 0. The van der Waals surface area contributed by atoms with E-state index in [9.17, 15) is 0 Å². The van der Waals surface area contributed by atoms with Crippen molar-refractivity contribution in [3.05, 3.63) is 0 Å². The van der Waals surface area contributed by atoms with Gasteiger partial charge >= 0.3 is 0 Å². The standard InChI is InChI=1S/C9H19NS2.Na/c1-3-5-7-10(9(11)12)8-6-4-2;/h3-8H2,1-2H3,(H,11,12);. The van der Waals surface area contributed by atoms with E-state index in [2.05, 4.69) is 31.4 Å². The van der Waals surface area contributed by atoms with Gasteiger partial charge in [0, 0.05) is 42.6 Å². The molecule has 0 aliphatic heterocycles. The minimum atomic E-state index is 0. The molecule has 0 fully saturated rings. The van der Waals surface area contributed by atoms with E-state index in [0.29, 0.717) is 0 Å². The summed E-state index contributed by atoms with van der Waals surface area (Å²) in [5, 5.41) is 0. The van der Waals surface area contributed by atoms with Crippen LogP contribution in [-0.4, -0.2) is 51.9 Å². The van der Waals surface area contributed by atoms with Crippen LogP contribution in [0.5, 0.6) is 0 Å². The van der Waals surface area contributed by atoms with E-state index in [-0.39, 0.29) is 29.6 Å². The Balaban J connectivity index is 0. The maximum absolute atomic E-state index is 5.03. The van der Waals surface area contributed by atoms with Gasteiger partial charge in [0.15, 0.2) is 0 Å². The van der Waals surface area contributed by atoms with Crippen LogP contribution in [0.3, 0.4) is 0 Å². The van der Waals surface area contributed by atoms with Crippen molar-refractivity contribution in [3.63, 3.8) is 0 Å². The van der Waals surface area contributed by atoms with E-state index in [0.717, 1.165) is 17.4 Å². The fraction of sp³-hybridized carbons (Fsp3) is 0.889. The topological polar surface area (TPSA) is 3.24 Å². The zero-order valence-electron chi connectivity index (χ0n) is 9.05. The molecule has 0 spiro atoms. The molecule has 13 heavy (non-hydrogen) atoms. The van der Waals surface area contributed by atoms with Crippen LogP contribution in [0.1, 0.15) is 39.5 Å². The first-order valence-electron chi connectivity index (χ1n) is 4.70. The van der Waals surface area contributed by atoms with Crippen molar-refractivity contribution >= 4 is 58.7 Å². The van der Waals surface area contributed by atoms with Gasteiger partial charge in [-0.15, -0.1) is 12.6 Å². The van der Waals surface area contributed by atoms with Gasteiger partial charge < -0.3 is 4.90 Å². The molecule has 0 heterocycles. The predicted molar refractivity (Wildman–Crippen MR) is 68.7 cm³/mol. The summed E-state index contributed by atoms with van der Waals surface area (Å²) in [7, 11) is 0. The Morgan fingerprint density at radius 3 is 1.77 bits per heavy atom. The second-order valence-corrected chi connectivity index (χ2v) is 4.09. The van der Waals surface area contributed by atoms with E-state index >= 15 is 0 Å². The van der Waals surface area contributed by atoms with E-state index in [4.69, 9.17) is 12.2 Å². The number of nitrogens with zero attached hydrogens (tertiary/aromatic N) is 1.